The number of para-hydroxylation sites is 2. The Morgan fingerprint density at radius 3 is 2.07 bits per heavy atom. The molecule has 2 amide bonds. The van der Waals surface area contributed by atoms with Gasteiger partial charge < -0.3 is 10.2 Å². The Labute approximate surface area is 162 Å². The van der Waals surface area contributed by atoms with Gasteiger partial charge in [-0.05, 0) is 41.5 Å². The lowest BCUT2D eigenvalue weighted by Crippen LogP contribution is -2.37. The van der Waals surface area contributed by atoms with Crippen LogP contribution in [0.5, 0.6) is 0 Å². The molecule has 0 saturated heterocycles. The molecule has 27 heavy (non-hydrogen) atoms. The first-order valence-corrected chi connectivity index (χ1v) is 9.66. The van der Waals surface area contributed by atoms with Crippen LogP contribution < -0.4 is 10.2 Å². The molecule has 0 heterocycles. The monoisotopic (exact) mass is 366 g/mol. The second-order valence-electron chi connectivity index (χ2n) is 7.03. The van der Waals surface area contributed by atoms with Crippen molar-refractivity contribution in [1.29, 1.82) is 0 Å². The fraction of sp³-hybridized carbons (Fsp3) is 0.391. The number of carbonyl (C=O) groups excluding carboxylic acids is 2. The minimum atomic E-state index is -0.181. The minimum Gasteiger partial charge on any atom is -0.324 e. The van der Waals surface area contributed by atoms with Crippen LogP contribution in [0, 0.1) is 0 Å². The van der Waals surface area contributed by atoms with Crippen molar-refractivity contribution in [3.05, 3.63) is 59.2 Å². The molecule has 4 nitrogen and oxygen atoms in total. The van der Waals surface area contributed by atoms with Gasteiger partial charge in [-0.25, -0.2) is 0 Å². The highest BCUT2D eigenvalue weighted by Gasteiger charge is 2.20. The fourth-order valence-electron chi connectivity index (χ4n) is 3.31. The molecule has 0 spiro atoms. The molecule has 4 heteroatoms. The van der Waals surface area contributed by atoms with Crippen LogP contribution in [0.25, 0.3) is 0 Å². The zero-order chi connectivity index (χ0) is 20.0. The van der Waals surface area contributed by atoms with E-state index in [0.717, 1.165) is 40.9 Å². The molecule has 0 aliphatic rings. The third-order valence-electron chi connectivity index (χ3n) is 4.79. The largest absolute Gasteiger partial charge is 0.324 e. The van der Waals surface area contributed by atoms with E-state index in [1.807, 2.05) is 42.5 Å². The number of hydrogen-bond donors (Lipinski definition) is 1. The topological polar surface area (TPSA) is 49.4 Å². The van der Waals surface area contributed by atoms with E-state index in [9.17, 15) is 9.59 Å². The maximum atomic E-state index is 12.8. The number of benzene rings is 2. The van der Waals surface area contributed by atoms with Crippen molar-refractivity contribution in [2.45, 2.75) is 53.4 Å². The van der Waals surface area contributed by atoms with E-state index in [4.69, 9.17) is 0 Å². The highest BCUT2D eigenvalue weighted by molar-refractivity contribution is 6.02. The predicted molar refractivity (Wildman–Crippen MR) is 112 cm³/mol. The molecule has 0 saturated carbocycles. The molecule has 0 radical (unpaired) electrons. The van der Waals surface area contributed by atoms with Gasteiger partial charge in [-0.1, -0.05) is 64.1 Å². The number of rotatable bonds is 7. The molecule has 0 bridgehead atoms. The average Bonchev–Trinajstić information content (AvgIpc) is 2.66. The number of nitrogens with one attached hydrogen (secondary N) is 1. The number of hydrogen-bond acceptors (Lipinski definition) is 2. The summed E-state index contributed by atoms with van der Waals surface area (Å²) < 4.78 is 0. The van der Waals surface area contributed by atoms with Crippen LogP contribution in [-0.4, -0.2) is 18.4 Å². The van der Waals surface area contributed by atoms with E-state index in [-0.39, 0.29) is 24.3 Å². The number of carbonyl (C=O) groups is 2. The molecule has 2 aromatic carbocycles. The molecule has 0 aliphatic heterocycles. The van der Waals surface area contributed by atoms with Crippen molar-refractivity contribution in [1.82, 2.24) is 0 Å². The van der Waals surface area contributed by atoms with Crippen LogP contribution in [0.3, 0.4) is 0 Å². The number of aryl methyl sites for hydroxylation is 2. The number of nitrogens with zero attached hydrogens (tertiary/aromatic N) is 1. The zero-order valence-corrected chi connectivity index (χ0v) is 17.0. The molecule has 0 atom stereocenters. The smallest absolute Gasteiger partial charge is 0.244 e. The summed E-state index contributed by atoms with van der Waals surface area (Å²) in [6.45, 7) is 9.82. The van der Waals surface area contributed by atoms with E-state index in [1.54, 1.807) is 4.90 Å². The first-order chi connectivity index (χ1) is 12.9. The maximum Gasteiger partial charge on any atom is 0.244 e. The van der Waals surface area contributed by atoms with E-state index in [0.29, 0.717) is 0 Å². The average molecular weight is 367 g/mol. The summed E-state index contributed by atoms with van der Waals surface area (Å²) in [5.74, 6) is -0.0595. The molecule has 2 rings (SSSR count). The van der Waals surface area contributed by atoms with Crippen LogP contribution in [0.4, 0.5) is 11.4 Å². The van der Waals surface area contributed by atoms with Crippen LogP contribution >= 0.6 is 0 Å². The SMILES string of the molecule is CCc1cccc(CC)c1NC(=O)CN(C(C)=O)c1ccccc1C(C)C. The Morgan fingerprint density at radius 1 is 0.963 bits per heavy atom. The van der Waals surface area contributed by atoms with Crippen molar-refractivity contribution in [3.8, 4) is 0 Å². The quantitative estimate of drug-likeness (QED) is 0.755. The van der Waals surface area contributed by atoms with Gasteiger partial charge in [0.2, 0.25) is 11.8 Å². The van der Waals surface area contributed by atoms with Crippen molar-refractivity contribution < 1.29 is 9.59 Å². The summed E-state index contributed by atoms with van der Waals surface area (Å²) >= 11 is 0. The molecule has 0 aliphatic carbocycles. The van der Waals surface area contributed by atoms with Gasteiger partial charge in [-0.3, -0.25) is 9.59 Å². The van der Waals surface area contributed by atoms with Gasteiger partial charge >= 0.3 is 0 Å². The lowest BCUT2D eigenvalue weighted by atomic mass is 10.0. The highest BCUT2D eigenvalue weighted by atomic mass is 16.2. The van der Waals surface area contributed by atoms with Crippen molar-refractivity contribution in [2.75, 3.05) is 16.8 Å². The lowest BCUT2D eigenvalue weighted by Gasteiger charge is -2.25. The summed E-state index contributed by atoms with van der Waals surface area (Å²) in [6, 6.07) is 13.9. The van der Waals surface area contributed by atoms with Crippen LogP contribution in [0.2, 0.25) is 0 Å². The standard InChI is InChI=1S/C23H30N2O2/c1-6-18-11-10-12-19(7-2)23(18)24-22(27)15-25(17(5)26)21-14-9-8-13-20(21)16(3)4/h8-14,16H,6-7,15H2,1-5H3,(H,24,27). The number of anilines is 2. The summed E-state index contributed by atoms with van der Waals surface area (Å²) in [7, 11) is 0. The first kappa shape index (κ1) is 20.7. The molecule has 2 aromatic rings. The number of amides is 2. The van der Waals surface area contributed by atoms with Gasteiger partial charge in [0.1, 0.15) is 6.54 Å². The second-order valence-corrected chi connectivity index (χ2v) is 7.03. The van der Waals surface area contributed by atoms with E-state index < -0.39 is 0 Å². The Bertz CT molecular complexity index is 790. The fourth-order valence-corrected chi connectivity index (χ4v) is 3.31. The third kappa shape index (κ3) is 4.97. The Kier molecular flexibility index (Phi) is 7.17. The molecular formula is C23H30N2O2. The second kappa shape index (κ2) is 9.36. The van der Waals surface area contributed by atoms with Crippen molar-refractivity contribution in [3.63, 3.8) is 0 Å². The van der Waals surface area contributed by atoms with Crippen molar-refractivity contribution in [2.24, 2.45) is 0 Å². The summed E-state index contributed by atoms with van der Waals surface area (Å²) in [5.41, 5.74) is 4.96. The van der Waals surface area contributed by atoms with E-state index in [2.05, 4.69) is 33.0 Å². The lowest BCUT2D eigenvalue weighted by molar-refractivity contribution is -0.120. The molecule has 1 N–H and O–H groups in total. The summed E-state index contributed by atoms with van der Waals surface area (Å²) in [6.07, 6.45) is 1.69. The van der Waals surface area contributed by atoms with E-state index >= 15 is 0 Å². The molecule has 0 aromatic heterocycles. The molecule has 144 valence electrons. The Morgan fingerprint density at radius 2 is 1.56 bits per heavy atom. The predicted octanol–water partition coefficient (Wildman–Crippen LogP) is 4.93. The Balaban J connectivity index is 2.29. The van der Waals surface area contributed by atoms with Crippen LogP contribution in [0.1, 0.15) is 57.2 Å². The maximum absolute atomic E-state index is 12.8. The Hall–Kier alpha value is -2.62. The van der Waals surface area contributed by atoms with Crippen LogP contribution in [0.15, 0.2) is 42.5 Å². The van der Waals surface area contributed by atoms with Gasteiger partial charge in [0.25, 0.3) is 0 Å². The third-order valence-corrected chi connectivity index (χ3v) is 4.79. The van der Waals surface area contributed by atoms with Gasteiger partial charge in [-0.2, -0.15) is 0 Å². The molecular weight excluding hydrogens is 336 g/mol. The van der Waals surface area contributed by atoms with Gasteiger partial charge in [-0.15, -0.1) is 0 Å². The molecule has 0 unspecified atom stereocenters. The normalized spacial score (nSPS) is 10.7. The van der Waals surface area contributed by atoms with Crippen molar-refractivity contribution >= 4 is 23.2 Å². The zero-order valence-electron chi connectivity index (χ0n) is 17.0. The summed E-state index contributed by atoms with van der Waals surface area (Å²) in [5, 5.41) is 3.05. The molecule has 0 fully saturated rings. The van der Waals surface area contributed by atoms with E-state index in [1.165, 1.54) is 6.92 Å². The van der Waals surface area contributed by atoms with Crippen LogP contribution in [-0.2, 0) is 22.4 Å². The highest BCUT2D eigenvalue weighted by Crippen LogP contribution is 2.28. The van der Waals surface area contributed by atoms with Gasteiger partial charge in [0.15, 0.2) is 0 Å². The minimum absolute atomic E-state index is 0.000267. The van der Waals surface area contributed by atoms with Gasteiger partial charge in [0.05, 0.1) is 0 Å². The summed E-state index contributed by atoms with van der Waals surface area (Å²) in [4.78, 5) is 26.7. The first-order valence-electron chi connectivity index (χ1n) is 9.66. The van der Waals surface area contributed by atoms with Gasteiger partial charge in [0, 0.05) is 18.3 Å².